The van der Waals surface area contributed by atoms with Crippen molar-refractivity contribution < 1.29 is 9.53 Å². The lowest BCUT2D eigenvalue weighted by Gasteiger charge is -2.30. The van der Waals surface area contributed by atoms with Crippen LogP contribution in [0.3, 0.4) is 0 Å². The molecule has 3 rings (SSSR count). The second-order valence-electron chi connectivity index (χ2n) is 6.68. The number of nitrogens with zero attached hydrogens (tertiary/aromatic N) is 4. The molecule has 0 N–H and O–H groups in total. The van der Waals surface area contributed by atoms with E-state index in [2.05, 4.69) is 30.9 Å². The van der Waals surface area contributed by atoms with Crippen LogP contribution >= 0.6 is 15.9 Å². The van der Waals surface area contributed by atoms with Crippen molar-refractivity contribution in [3.63, 3.8) is 0 Å². The van der Waals surface area contributed by atoms with E-state index < -0.39 is 5.60 Å². The molecule has 24 heavy (non-hydrogen) atoms. The van der Waals surface area contributed by atoms with Crippen molar-refractivity contribution in [3.8, 4) is 11.5 Å². The van der Waals surface area contributed by atoms with E-state index >= 15 is 0 Å². The third-order valence-corrected chi connectivity index (χ3v) is 4.01. The lowest BCUT2D eigenvalue weighted by Crippen LogP contribution is -2.40. The van der Waals surface area contributed by atoms with Crippen LogP contribution in [0, 0.1) is 0 Å². The van der Waals surface area contributed by atoms with Crippen molar-refractivity contribution in [1.82, 2.24) is 19.9 Å². The number of fused-ring (bicyclic) bond motifs is 1. The van der Waals surface area contributed by atoms with Crippen molar-refractivity contribution >= 4 is 22.0 Å². The normalized spacial score (nSPS) is 14.2. The highest BCUT2D eigenvalue weighted by Gasteiger charge is 2.26. The molecule has 1 aliphatic rings. The van der Waals surface area contributed by atoms with Gasteiger partial charge in [-0.05, 0) is 48.8 Å². The highest BCUT2D eigenvalue weighted by Crippen LogP contribution is 2.22. The second-order valence-corrected chi connectivity index (χ2v) is 7.59. The number of carbonyl (C=O) groups is 1. The maximum absolute atomic E-state index is 12.2. The number of amides is 1. The molecule has 2 aromatic heterocycles. The molecule has 0 atom stereocenters. The Balaban J connectivity index is 1.77. The van der Waals surface area contributed by atoms with E-state index in [1.165, 1.54) is 0 Å². The van der Waals surface area contributed by atoms with Crippen molar-refractivity contribution in [2.45, 2.75) is 39.3 Å². The van der Waals surface area contributed by atoms with Crippen LogP contribution in [-0.2, 0) is 17.7 Å². The third kappa shape index (κ3) is 3.90. The molecule has 0 aliphatic carbocycles. The summed E-state index contributed by atoms with van der Waals surface area (Å²) >= 11 is 3.37. The number of hydrogen-bond acceptors (Lipinski definition) is 5. The minimum absolute atomic E-state index is 0.299. The standard InChI is InChI=1S/C17H19BrN4O2/c1-17(2,3)24-16(23)22-7-6-13-11(10-22)8-20-15(21-13)14-5-4-12(18)9-19-14/h4-5,8-9H,6-7,10H2,1-3H3. The van der Waals surface area contributed by atoms with Gasteiger partial charge in [0, 0.05) is 35.4 Å². The Morgan fingerprint density at radius 2 is 2.04 bits per heavy atom. The van der Waals surface area contributed by atoms with Crippen molar-refractivity contribution in [2.75, 3.05) is 6.54 Å². The predicted octanol–water partition coefficient (Wildman–Crippen LogP) is 3.59. The summed E-state index contributed by atoms with van der Waals surface area (Å²) < 4.78 is 6.34. The van der Waals surface area contributed by atoms with Gasteiger partial charge < -0.3 is 9.64 Å². The molecule has 1 amide bonds. The summed E-state index contributed by atoms with van der Waals surface area (Å²) in [5.41, 5.74) is 2.15. The number of halogens is 1. The van der Waals surface area contributed by atoms with Gasteiger partial charge in [-0.25, -0.2) is 14.8 Å². The Hall–Kier alpha value is -2.02. The highest BCUT2D eigenvalue weighted by molar-refractivity contribution is 9.10. The molecule has 0 bridgehead atoms. The molecule has 3 heterocycles. The zero-order valence-corrected chi connectivity index (χ0v) is 15.5. The van der Waals surface area contributed by atoms with Gasteiger partial charge >= 0.3 is 6.09 Å². The third-order valence-electron chi connectivity index (χ3n) is 3.54. The number of pyridine rings is 1. The average molecular weight is 391 g/mol. The van der Waals surface area contributed by atoms with Crippen LogP contribution in [0.4, 0.5) is 4.79 Å². The Bertz CT molecular complexity index is 756. The predicted molar refractivity (Wildman–Crippen MR) is 93.3 cm³/mol. The fraction of sp³-hybridized carbons (Fsp3) is 0.412. The first-order valence-electron chi connectivity index (χ1n) is 7.76. The first kappa shape index (κ1) is 16.8. The summed E-state index contributed by atoms with van der Waals surface area (Å²) in [6.45, 7) is 6.65. The molecule has 2 aromatic rings. The van der Waals surface area contributed by atoms with Crippen molar-refractivity contribution in [2.24, 2.45) is 0 Å². The van der Waals surface area contributed by atoms with Crippen LogP contribution in [0.5, 0.6) is 0 Å². The van der Waals surface area contributed by atoms with E-state index in [4.69, 9.17) is 4.74 Å². The van der Waals surface area contributed by atoms with Gasteiger partial charge in [-0.15, -0.1) is 0 Å². The van der Waals surface area contributed by atoms with Crippen LogP contribution < -0.4 is 0 Å². The summed E-state index contributed by atoms with van der Waals surface area (Å²) in [6.07, 6.45) is 3.88. The van der Waals surface area contributed by atoms with Gasteiger partial charge in [0.2, 0.25) is 0 Å². The summed E-state index contributed by atoms with van der Waals surface area (Å²) in [5, 5.41) is 0. The van der Waals surface area contributed by atoms with Gasteiger partial charge in [0.25, 0.3) is 0 Å². The van der Waals surface area contributed by atoms with Crippen LogP contribution in [0.2, 0.25) is 0 Å². The zero-order chi connectivity index (χ0) is 17.3. The fourth-order valence-corrected chi connectivity index (χ4v) is 2.66. The largest absolute Gasteiger partial charge is 0.444 e. The quantitative estimate of drug-likeness (QED) is 0.743. The van der Waals surface area contributed by atoms with Gasteiger partial charge in [-0.1, -0.05) is 0 Å². The Morgan fingerprint density at radius 1 is 1.25 bits per heavy atom. The van der Waals surface area contributed by atoms with Crippen molar-refractivity contribution in [1.29, 1.82) is 0 Å². The SMILES string of the molecule is CC(C)(C)OC(=O)N1CCc2nc(-c3ccc(Br)cn3)ncc2C1. The second kappa shape index (κ2) is 6.47. The summed E-state index contributed by atoms with van der Waals surface area (Å²) in [5.74, 6) is 0.604. The molecule has 6 nitrogen and oxygen atoms in total. The number of ether oxygens (including phenoxy) is 1. The summed E-state index contributed by atoms with van der Waals surface area (Å²) in [4.78, 5) is 27.2. The molecule has 7 heteroatoms. The first-order valence-corrected chi connectivity index (χ1v) is 8.56. The van der Waals surface area contributed by atoms with Crippen molar-refractivity contribution in [3.05, 3.63) is 40.3 Å². The maximum atomic E-state index is 12.2. The van der Waals surface area contributed by atoms with Crippen LogP contribution in [0.15, 0.2) is 29.0 Å². The Kier molecular flexibility index (Phi) is 4.54. The smallest absolute Gasteiger partial charge is 0.410 e. The van der Waals surface area contributed by atoms with E-state index in [-0.39, 0.29) is 6.09 Å². The van der Waals surface area contributed by atoms with E-state index in [0.717, 1.165) is 21.4 Å². The molecule has 0 saturated heterocycles. The summed E-state index contributed by atoms with van der Waals surface area (Å²) in [6, 6.07) is 3.79. The number of hydrogen-bond donors (Lipinski definition) is 0. The molecular formula is C17H19BrN4O2. The van der Waals surface area contributed by atoms with E-state index in [1.807, 2.05) is 32.9 Å². The molecule has 0 aromatic carbocycles. The minimum atomic E-state index is -0.495. The molecule has 0 saturated carbocycles. The van der Waals surface area contributed by atoms with Gasteiger partial charge in [0.05, 0.1) is 12.2 Å². The number of aromatic nitrogens is 3. The topological polar surface area (TPSA) is 68.2 Å². The van der Waals surface area contributed by atoms with E-state index in [0.29, 0.717) is 25.3 Å². The molecule has 1 aliphatic heterocycles. The van der Waals surface area contributed by atoms with Crippen LogP contribution in [0.1, 0.15) is 32.0 Å². The molecular weight excluding hydrogens is 372 g/mol. The lowest BCUT2D eigenvalue weighted by atomic mass is 10.1. The maximum Gasteiger partial charge on any atom is 0.410 e. The zero-order valence-electron chi connectivity index (χ0n) is 13.9. The molecule has 126 valence electrons. The molecule has 0 fully saturated rings. The Labute approximate surface area is 149 Å². The van der Waals surface area contributed by atoms with E-state index in [9.17, 15) is 4.79 Å². The lowest BCUT2D eigenvalue weighted by molar-refractivity contribution is 0.0222. The number of rotatable bonds is 1. The average Bonchev–Trinajstić information content (AvgIpc) is 2.53. The highest BCUT2D eigenvalue weighted by atomic mass is 79.9. The Morgan fingerprint density at radius 3 is 2.71 bits per heavy atom. The number of carbonyl (C=O) groups excluding carboxylic acids is 1. The van der Waals surface area contributed by atoms with Crippen LogP contribution in [-0.4, -0.2) is 38.1 Å². The summed E-state index contributed by atoms with van der Waals surface area (Å²) in [7, 11) is 0. The van der Waals surface area contributed by atoms with E-state index in [1.54, 1.807) is 17.3 Å². The molecule has 0 spiro atoms. The van der Waals surface area contributed by atoms with Gasteiger partial charge in [0.15, 0.2) is 5.82 Å². The van der Waals surface area contributed by atoms with Gasteiger partial charge in [-0.2, -0.15) is 0 Å². The van der Waals surface area contributed by atoms with Crippen LogP contribution in [0.25, 0.3) is 11.5 Å². The molecule has 0 unspecified atom stereocenters. The monoisotopic (exact) mass is 390 g/mol. The van der Waals surface area contributed by atoms with Gasteiger partial charge in [-0.3, -0.25) is 4.98 Å². The molecule has 0 radical (unpaired) electrons. The fourth-order valence-electron chi connectivity index (χ4n) is 2.43. The minimum Gasteiger partial charge on any atom is -0.444 e. The van der Waals surface area contributed by atoms with Gasteiger partial charge in [0.1, 0.15) is 11.3 Å². The first-order chi connectivity index (χ1) is 11.3.